The maximum Gasteiger partial charge on any atom is 0.312 e. The van der Waals surface area contributed by atoms with Crippen molar-refractivity contribution in [2.75, 3.05) is 6.61 Å². The van der Waals surface area contributed by atoms with E-state index in [4.69, 9.17) is 4.74 Å². The van der Waals surface area contributed by atoms with Gasteiger partial charge in [0.2, 0.25) is 0 Å². The van der Waals surface area contributed by atoms with Crippen molar-refractivity contribution in [1.82, 2.24) is 0 Å². The van der Waals surface area contributed by atoms with Gasteiger partial charge in [0.05, 0.1) is 11.3 Å². The molecule has 2 aromatic carbocycles. The van der Waals surface area contributed by atoms with Crippen molar-refractivity contribution in [3.63, 3.8) is 0 Å². The first kappa shape index (κ1) is 18.4. The molecule has 0 amide bonds. The van der Waals surface area contributed by atoms with E-state index in [9.17, 15) is 9.59 Å². The Bertz CT molecular complexity index is 733. The number of aryl methyl sites for hydroxylation is 1. The van der Waals surface area contributed by atoms with Crippen LogP contribution in [0.1, 0.15) is 49.7 Å². The van der Waals surface area contributed by atoms with Crippen LogP contribution in [0.2, 0.25) is 0 Å². The summed E-state index contributed by atoms with van der Waals surface area (Å²) in [5, 5.41) is 0. The highest BCUT2D eigenvalue weighted by molar-refractivity contribution is 5.87. The van der Waals surface area contributed by atoms with E-state index in [2.05, 4.69) is 0 Å². The molecule has 1 saturated carbocycles. The minimum Gasteiger partial charge on any atom is -0.464 e. The summed E-state index contributed by atoms with van der Waals surface area (Å²) in [5.41, 5.74) is 1.78. The predicted octanol–water partition coefficient (Wildman–Crippen LogP) is 4.71. The van der Waals surface area contributed by atoms with Crippen molar-refractivity contribution in [3.05, 3.63) is 71.8 Å². The van der Waals surface area contributed by atoms with Crippen LogP contribution in [-0.2, 0) is 20.7 Å². The zero-order valence-electron chi connectivity index (χ0n) is 15.3. The summed E-state index contributed by atoms with van der Waals surface area (Å²) in [6.45, 7) is 2.16. The second kappa shape index (κ2) is 8.31. The largest absolute Gasteiger partial charge is 0.464 e. The fraction of sp³-hybridized carbons (Fsp3) is 0.391. The SMILES string of the molecule is CCC1(C(=O)OCC(C(=O)CCc2ccccc2)c2ccccc2)CC1. The third-order valence-electron chi connectivity index (χ3n) is 5.44. The quantitative estimate of drug-likeness (QED) is 0.615. The highest BCUT2D eigenvalue weighted by atomic mass is 16.5. The molecule has 0 N–H and O–H groups in total. The van der Waals surface area contributed by atoms with Crippen LogP contribution in [-0.4, -0.2) is 18.4 Å². The summed E-state index contributed by atoms with van der Waals surface area (Å²) in [7, 11) is 0. The second-order valence-corrected chi connectivity index (χ2v) is 7.15. The Morgan fingerprint density at radius 3 is 2.19 bits per heavy atom. The topological polar surface area (TPSA) is 43.4 Å². The number of ether oxygens (including phenoxy) is 1. The molecule has 1 aliphatic carbocycles. The van der Waals surface area contributed by atoms with Crippen LogP contribution < -0.4 is 0 Å². The molecule has 0 spiro atoms. The lowest BCUT2D eigenvalue weighted by Crippen LogP contribution is -2.25. The summed E-state index contributed by atoms with van der Waals surface area (Å²) < 4.78 is 5.59. The van der Waals surface area contributed by atoms with Crippen molar-refractivity contribution >= 4 is 11.8 Å². The average molecular weight is 350 g/mol. The molecule has 1 aliphatic rings. The van der Waals surface area contributed by atoms with E-state index in [0.717, 1.165) is 30.4 Å². The predicted molar refractivity (Wildman–Crippen MR) is 102 cm³/mol. The van der Waals surface area contributed by atoms with E-state index in [1.165, 1.54) is 0 Å². The van der Waals surface area contributed by atoms with Gasteiger partial charge in [-0.1, -0.05) is 67.6 Å². The normalized spacial score (nSPS) is 15.9. The third-order valence-corrected chi connectivity index (χ3v) is 5.44. The van der Waals surface area contributed by atoms with E-state index < -0.39 is 5.92 Å². The number of benzene rings is 2. The monoisotopic (exact) mass is 350 g/mol. The Kier molecular flexibility index (Phi) is 5.87. The summed E-state index contributed by atoms with van der Waals surface area (Å²) in [5.74, 6) is -0.414. The fourth-order valence-electron chi connectivity index (χ4n) is 3.31. The van der Waals surface area contributed by atoms with Crippen molar-refractivity contribution in [1.29, 1.82) is 0 Å². The van der Waals surface area contributed by atoms with Gasteiger partial charge in [0.25, 0.3) is 0 Å². The molecule has 0 heterocycles. The van der Waals surface area contributed by atoms with Crippen molar-refractivity contribution in [2.45, 2.75) is 44.9 Å². The van der Waals surface area contributed by atoms with Crippen LogP contribution in [0.3, 0.4) is 0 Å². The van der Waals surface area contributed by atoms with Crippen molar-refractivity contribution in [3.8, 4) is 0 Å². The van der Waals surface area contributed by atoms with E-state index >= 15 is 0 Å². The molecule has 1 unspecified atom stereocenters. The Morgan fingerprint density at radius 1 is 1.00 bits per heavy atom. The number of hydrogen-bond donors (Lipinski definition) is 0. The molecule has 1 fully saturated rings. The maximum atomic E-state index is 12.9. The second-order valence-electron chi connectivity index (χ2n) is 7.15. The molecule has 3 rings (SSSR count). The van der Waals surface area contributed by atoms with E-state index in [-0.39, 0.29) is 23.8 Å². The standard InChI is InChI=1S/C23H26O3/c1-2-23(15-16-23)22(25)26-17-20(19-11-7-4-8-12-19)21(24)14-13-18-9-5-3-6-10-18/h3-12,20H,2,13-17H2,1H3. The Labute approximate surface area is 155 Å². The van der Waals surface area contributed by atoms with Crippen molar-refractivity contribution in [2.24, 2.45) is 5.41 Å². The maximum absolute atomic E-state index is 12.9. The van der Waals surface area contributed by atoms with Crippen LogP contribution in [0.4, 0.5) is 0 Å². The molecule has 0 radical (unpaired) electrons. The average Bonchev–Trinajstić information content (AvgIpc) is 3.49. The third kappa shape index (κ3) is 4.40. The highest BCUT2D eigenvalue weighted by Crippen LogP contribution is 2.49. The van der Waals surface area contributed by atoms with E-state index in [1.807, 2.05) is 67.6 Å². The van der Waals surface area contributed by atoms with Crippen LogP contribution in [0.25, 0.3) is 0 Å². The van der Waals surface area contributed by atoms with Gasteiger partial charge >= 0.3 is 5.97 Å². The van der Waals surface area contributed by atoms with Gasteiger partial charge in [0.15, 0.2) is 0 Å². The first-order valence-electron chi connectivity index (χ1n) is 9.43. The molecule has 136 valence electrons. The van der Waals surface area contributed by atoms with Crippen LogP contribution in [0.5, 0.6) is 0 Å². The molecule has 0 aliphatic heterocycles. The summed E-state index contributed by atoms with van der Waals surface area (Å²) >= 11 is 0. The van der Waals surface area contributed by atoms with Gasteiger partial charge in [-0.2, -0.15) is 0 Å². The summed E-state index contributed by atoms with van der Waals surface area (Å²) in [4.78, 5) is 25.2. The number of rotatable bonds is 9. The van der Waals surface area contributed by atoms with Crippen LogP contribution in [0, 0.1) is 5.41 Å². The highest BCUT2D eigenvalue weighted by Gasteiger charge is 2.49. The molecule has 0 saturated heterocycles. The lowest BCUT2D eigenvalue weighted by atomic mass is 9.92. The van der Waals surface area contributed by atoms with E-state index in [0.29, 0.717) is 12.8 Å². The van der Waals surface area contributed by atoms with Gasteiger partial charge in [0, 0.05) is 6.42 Å². The van der Waals surface area contributed by atoms with Crippen molar-refractivity contribution < 1.29 is 14.3 Å². The first-order chi connectivity index (χ1) is 12.6. The zero-order chi connectivity index (χ0) is 18.4. The number of carbonyl (C=O) groups is 2. The fourth-order valence-corrected chi connectivity index (χ4v) is 3.31. The molecule has 0 aromatic heterocycles. The van der Waals surface area contributed by atoms with Gasteiger partial charge < -0.3 is 4.74 Å². The molecular formula is C23H26O3. The van der Waals surface area contributed by atoms with Gasteiger partial charge in [-0.3, -0.25) is 9.59 Å². The minimum atomic E-state index is -0.392. The van der Waals surface area contributed by atoms with Gasteiger partial charge in [-0.05, 0) is 36.8 Å². The molecule has 3 heteroatoms. The van der Waals surface area contributed by atoms with Gasteiger partial charge in [-0.25, -0.2) is 0 Å². The van der Waals surface area contributed by atoms with Gasteiger partial charge in [0.1, 0.15) is 12.4 Å². The summed E-state index contributed by atoms with van der Waals surface area (Å²) in [6, 6.07) is 19.6. The number of ketones is 1. The Hall–Kier alpha value is -2.42. The molecular weight excluding hydrogens is 324 g/mol. The molecule has 2 aromatic rings. The zero-order valence-corrected chi connectivity index (χ0v) is 15.3. The van der Waals surface area contributed by atoms with Crippen LogP contribution in [0.15, 0.2) is 60.7 Å². The number of Topliss-reactive ketones (excluding diaryl/α,β-unsaturated/α-hetero) is 1. The van der Waals surface area contributed by atoms with E-state index in [1.54, 1.807) is 0 Å². The molecule has 1 atom stereocenters. The molecule has 3 nitrogen and oxygen atoms in total. The number of hydrogen-bond acceptors (Lipinski definition) is 3. The minimum absolute atomic E-state index is 0.120. The summed E-state index contributed by atoms with van der Waals surface area (Å²) in [6.07, 6.45) is 3.76. The number of carbonyl (C=O) groups excluding carboxylic acids is 2. The molecule has 26 heavy (non-hydrogen) atoms. The Balaban J connectivity index is 1.65. The lowest BCUT2D eigenvalue weighted by Gasteiger charge is -2.19. The smallest absolute Gasteiger partial charge is 0.312 e. The lowest BCUT2D eigenvalue weighted by molar-refractivity contribution is -0.151. The molecule has 0 bridgehead atoms. The first-order valence-corrected chi connectivity index (χ1v) is 9.43. The Morgan fingerprint density at radius 2 is 1.62 bits per heavy atom. The van der Waals surface area contributed by atoms with Gasteiger partial charge in [-0.15, -0.1) is 0 Å². The number of esters is 1. The van der Waals surface area contributed by atoms with Crippen LogP contribution >= 0.6 is 0 Å².